The number of carboxylic acids is 1. The number of carbonyl (C=O) groups excluding carboxylic acids is 1. The van der Waals surface area contributed by atoms with Gasteiger partial charge in [-0.05, 0) is 57.9 Å². The van der Waals surface area contributed by atoms with Gasteiger partial charge in [-0.3, -0.25) is 4.98 Å². The van der Waals surface area contributed by atoms with Gasteiger partial charge in [-0.25, -0.2) is 14.6 Å². The van der Waals surface area contributed by atoms with Crippen LogP contribution in [0.3, 0.4) is 0 Å². The Kier molecular flexibility index (Phi) is 5.23. The van der Waals surface area contributed by atoms with E-state index in [-0.39, 0.29) is 17.7 Å². The zero-order chi connectivity index (χ0) is 23.3. The summed E-state index contributed by atoms with van der Waals surface area (Å²) < 4.78 is 7.63. The zero-order valence-corrected chi connectivity index (χ0v) is 19.6. The largest absolute Gasteiger partial charge is 0.478 e. The molecule has 1 aliphatic carbocycles. The van der Waals surface area contributed by atoms with Crippen LogP contribution in [0.2, 0.25) is 0 Å². The normalized spacial score (nSPS) is 21.3. The molecular weight excluding hydrogens is 440 g/mol. The van der Waals surface area contributed by atoms with Gasteiger partial charge < -0.3 is 19.3 Å². The molecule has 3 aromatic rings. The van der Waals surface area contributed by atoms with E-state index in [0.717, 1.165) is 34.6 Å². The molecule has 1 aliphatic heterocycles. The molecule has 0 spiro atoms. The fraction of sp³-hybridized carbons (Fsp3) is 0.417. The van der Waals surface area contributed by atoms with Crippen molar-refractivity contribution in [1.82, 2.24) is 19.4 Å². The van der Waals surface area contributed by atoms with Gasteiger partial charge in [0.05, 0.1) is 28.7 Å². The standard InChI is InChI=1S/C24H26N4O4S/c1-24(2,3)32-23(31)27-7-6-14(17-10-19(17)27)9-21-26-18-5-4-15(22(29)30)8-20(18)28(21)12-16-11-25-13-33-16/h4-5,8-9,11,13,17,19H,6-7,10,12H2,1-3H3,(H,29,30). The van der Waals surface area contributed by atoms with Crippen molar-refractivity contribution in [2.45, 2.75) is 51.8 Å². The molecule has 1 N–H and O–H groups in total. The minimum absolute atomic E-state index is 0.179. The predicted molar refractivity (Wildman–Crippen MR) is 125 cm³/mol. The summed E-state index contributed by atoms with van der Waals surface area (Å²) in [6, 6.07) is 5.20. The van der Waals surface area contributed by atoms with Crippen LogP contribution in [0.5, 0.6) is 0 Å². The van der Waals surface area contributed by atoms with Gasteiger partial charge in [-0.2, -0.15) is 0 Å². The van der Waals surface area contributed by atoms with Gasteiger partial charge >= 0.3 is 12.1 Å². The maximum Gasteiger partial charge on any atom is 0.410 e. The van der Waals surface area contributed by atoms with E-state index in [1.165, 1.54) is 5.57 Å². The Balaban J connectivity index is 1.46. The number of rotatable bonds is 4. The molecule has 2 unspecified atom stereocenters. The number of fused-ring (bicyclic) bond motifs is 2. The lowest BCUT2D eigenvalue weighted by atomic mass is 10.0. The summed E-state index contributed by atoms with van der Waals surface area (Å²) in [6.45, 7) is 6.84. The van der Waals surface area contributed by atoms with Crippen molar-refractivity contribution < 1.29 is 19.4 Å². The summed E-state index contributed by atoms with van der Waals surface area (Å²) in [6.07, 6.45) is 5.41. The van der Waals surface area contributed by atoms with Crippen LogP contribution in [0.1, 0.15) is 54.7 Å². The highest BCUT2D eigenvalue weighted by Gasteiger charge is 2.49. The number of aromatic carboxylic acids is 1. The van der Waals surface area contributed by atoms with Crippen molar-refractivity contribution in [3.05, 3.63) is 51.7 Å². The number of piperidine rings is 1. The van der Waals surface area contributed by atoms with E-state index in [2.05, 4.69) is 15.6 Å². The monoisotopic (exact) mass is 466 g/mol. The van der Waals surface area contributed by atoms with Crippen molar-refractivity contribution in [3.63, 3.8) is 0 Å². The molecule has 2 aliphatic rings. The predicted octanol–water partition coefficient (Wildman–Crippen LogP) is 4.65. The highest BCUT2D eigenvalue weighted by molar-refractivity contribution is 7.09. The topological polar surface area (TPSA) is 97.5 Å². The quantitative estimate of drug-likeness (QED) is 0.601. The van der Waals surface area contributed by atoms with Gasteiger partial charge in [0, 0.05) is 29.6 Å². The number of carbonyl (C=O) groups is 2. The highest BCUT2D eigenvalue weighted by atomic mass is 32.1. The minimum atomic E-state index is -0.960. The van der Waals surface area contributed by atoms with E-state index >= 15 is 0 Å². The van der Waals surface area contributed by atoms with E-state index in [9.17, 15) is 14.7 Å². The molecule has 5 rings (SSSR count). The molecular formula is C24H26N4O4S. The summed E-state index contributed by atoms with van der Waals surface area (Å²) in [7, 11) is 0. The van der Waals surface area contributed by atoms with Crippen LogP contribution in [0.15, 0.2) is 35.5 Å². The smallest absolute Gasteiger partial charge is 0.410 e. The first kappa shape index (κ1) is 21.6. The number of likely N-dealkylation sites (tertiary alicyclic amines) is 1. The molecule has 172 valence electrons. The number of benzene rings is 1. The first-order valence-electron chi connectivity index (χ1n) is 11.0. The molecule has 8 nitrogen and oxygen atoms in total. The third-order valence-electron chi connectivity index (χ3n) is 6.04. The van der Waals surface area contributed by atoms with Gasteiger partial charge in [0.2, 0.25) is 0 Å². The molecule has 33 heavy (non-hydrogen) atoms. The van der Waals surface area contributed by atoms with Crippen molar-refractivity contribution in [3.8, 4) is 0 Å². The lowest BCUT2D eigenvalue weighted by molar-refractivity contribution is 0.0213. The van der Waals surface area contributed by atoms with Gasteiger partial charge in [-0.15, -0.1) is 11.3 Å². The van der Waals surface area contributed by atoms with Crippen LogP contribution < -0.4 is 0 Å². The number of amides is 1. The third-order valence-corrected chi connectivity index (χ3v) is 6.80. The SMILES string of the molecule is CC(C)(C)OC(=O)N1CCC(=Cc2nc3ccc(C(=O)O)cc3n2Cc2cncs2)C2CC21. The van der Waals surface area contributed by atoms with Gasteiger partial charge in [-0.1, -0.05) is 5.57 Å². The van der Waals surface area contributed by atoms with Crippen LogP contribution in [0, 0.1) is 5.92 Å². The van der Waals surface area contributed by atoms with E-state index < -0.39 is 11.6 Å². The van der Waals surface area contributed by atoms with Crippen LogP contribution >= 0.6 is 11.3 Å². The fourth-order valence-electron chi connectivity index (χ4n) is 4.44. The first-order chi connectivity index (χ1) is 15.7. The Morgan fingerprint density at radius 1 is 1.33 bits per heavy atom. The molecule has 1 saturated heterocycles. The Bertz CT molecular complexity index is 1260. The van der Waals surface area contributed by atoms with Crippen LogP contribution in [-0.4, -0.2) is 54.8 Å². The number of imidazole rings is 1. The number of hydrogen-bond donors (Lipinski definition) is 1. The van der Waals surface area contributed by atoms with Crippen molar-refractivity contribution in [2.75, 3.05) is 6.54 Å². The van der Waals surface area contributed by atoms with Crippen LogP contribution in [0.25, 0.3) is 17.1 Å². The molecule has 1 amide bonds. The average molecular weight is 467 g/mol. The number of hydrogen-bond acceptors (Lipinski definition) is 6. The number of thiazole rings is 1. The number of ether oxygens (including phenoxy) is 1. The van der Waals surface area contributed by atoms with E-state index in [0.29, 0.717) is 19.0 Å². The fourth-order valence-corrected chi connectivity index (χ4v) is 5.03. The average Bonchev–Trinajstić information content (AvgIpc) is 3.24. The van der Waals surface area contributed by atoms with Crippen LogP contribution in [-0.2, 0) is 11.3 Å². The summed E-state index contributed by atoms with van der Waals surface area (Å²) in [5.74, 6) is 0.155. The molecule has 2 fully saturated rings. The zero-order valence-electron chi connectivity index (χ0n) is 18.8. The molecule has 1 saturated carbocycles. The summed E-state index contributed by atoms with van der Waals surface area (Å²) in [5.41, 5.74) is 4.34. The van der Waals surface area contributed by atoms with E-state index in [1.54, 1.807) is 35.0 Å². The Hall–Kier alpha value is -3.20. The third kappa shape index (κ3) is 4.37. The lowest BCUT2D eigenvalue weighted by Gasteiger charge is -2.30. The second-order valence-corrected chi connectivity index (χ2v) is 10.6. The summed E-state index contributed by atoms with van der Waals surface area (Å²) >= 11 is 1.56. The van der Waals surface area contributed by atoms with E-state index in [4.69, 9.17) is 9.72 Å². The minimum Gasteiger partial charge on any atom is -0.478 e. The summed E-state index contributed by atoms with van der Waals surface area (Å²) in [5, 5.41) is 9.45. The number of nitrogens with zero attached hydrogens (tertiary/aromatic N) is 4. The van der Waals surface area contributed by atoms with Crippen molar-refractivity contribution >= 4 is 40.5 Å². The van der Waals surface area contributed by atoms with E-state index in [1.807, 2.05) is 31.9 Å². The second-order valence-electron chi connectivity index (χ2n) is 9.59. The van der Waals surface area contributed by atoms with Crippen LogP contribution in [0.4, 0.5) is 4.79 Å². The molecule has 2 aromatic heterocycles. The molecule has 1 aromatic carbocycles. The van der Waals surface area contributed by atoms with Crippen molar-refractivity contribution in [1.29, 1.82) is 0 Å². The Morgan fingerprint density at radius 3 is 2.85 bits per heavy atom. The second kappa shape index (κ2) is 7.98. The molecule has 9 heteroatoms. The highest BCUT2D eigenvalue weighted by Crippen LogP contribution is 2.47. The maximum atomic E-state index is 12.6. The maximum absolute atomic E-state index is 12.6. The van der Waals surface area contributed by atoms with Gasteiger partial charge in [0.1, 0.15) is 11.4 Å². The number of carboxylic acid groups (broad SMARTS) is 1. The molecule has 0 bridgehead atoms. The lowest BCUT2D eigenvalue weighted by Crippen LogP contribution is -2.41. The molecule has 0 radical (unpaired) electrons. The Morgan fingerprint density at radius 2 is 2.15 bits per heavy atom. The van der Waals surface area contributed by atoms with Crippen molar-refractivity contribution in [2.24, 2.45) is 5.92 Å². The Labute approximate surface area is 195 Å². The molecule has 3 heterocycles. The van der Waals surface area contributed by atoms with Gasteiger partial charge in [0.25, 0.3) is 0 Å². The molecule has 2 atom stereocenters. The first-order valence-corrected chi connectivity index (χ1v) is 11.9. The number of aromatic nitrogens is 3. The summed E-state index contributed by atoms with van der Waals surface area (Å²) in [4.78, 5) is 36.0. The van der Waals surface area contributed by atoms with Gasteiger partial charge in [0.15, 0.2) is 0 Å².